The van der Waals surface area contributed by atoms with Gasteiger partial charge in [0.25, 0.3) is 0 Å². The average Bonchev–Trinajstić information content (AvgIpc) is 3.04. The van der Waals surface area contributed by atoms with Gasteiger partial charge in [0, 0.05) is 0 Å². The molecule has 0 heterocycles. The van der Waals surface area contributed by atoms with Crippen molar-refractivity contribution in [2.45, 2.75) is 80.1 Å². The van der Waals surface area contributed by atoms with Crippen LogP contribution in [0.5, 0.6) is 11.5 Å². The Labute approximate surface area is 311 Å². The van der Waals surface area contributed by atoms with E-state index in [2.05, 4.69) is 27.7 Å². The molecule has 0 saturated heterocycles. The molecule has 0 spiro atoms. The summed E-state index contributed by atoms with van der Waals surface area (Å²) in [6.45, 7) is 12.2. The number of esters is 4. The molecule has 0 bridgehead atoms. The molecule has 0 fully saturated rings. The van der Waals surface area contributed by atoms with Crippen molar-refractivity contribution in [2.24, 2.45) is 23.7 Å². The minimum atomic E-state index is -1.65. The van der Waals surface area contributed by atoms with E-state index in [0.29, 0.717) is 0 Å². The third kappa shape index (κ3) is 11.6. The molecule has 4 unspecified atom stereocenters. The number of hydrogen-bond donors (Lipinski definition) is 0. The molecule has 48 heavy (non-hydrogen) atoms. The molecule has 14 heteroatoms. The Morgan fingerprint density at radius 1 is 0.562 bits per heavy atom. The van der Waals surface area contributed by atoms with Crippen LogP contribution in [-0.4, -0.2) is 37.1 Å². The van der Waals surface area contributed by atoms with Gasteiger partial charge in [-0.3, -0.25) is 0 Å². The van der Waals surface area contributed by atoms with Crippen molar-refractivity contribution in [3.63, 3.8) is 0 Å². The van der Waals surface area contributed by atoms with Crippen molar-refractivity contribution in [1.82, 2.24) is 0 Å². The Kier molecular flexibility index (Phi) is 17.6. The fraction of sp³-hybridized carbons (Fsp3) is 0.529. The molecule has 0 aliphatic heterocycles. The lowest BCUT2D eigenvalue weighted by atomic mass is 9.92. The van der Waals surface area contributed by atoms with Gasteiger partial charge in [0.1, 0.15) is 11.1 Å². The van der Waals surface area contributed by atoms with Crippen molar-refractivity contribution in [2.75, 3.05) is 13.2 Å². The second-order valence-corrected chi connectivity index (χ2v) is 14.3. The largest absolute Gasteiger partial charge is 0.462 e. The Morgan fingerprint density at radius 3 is 1.21 bits per heavy atom. The fourth-order valence-electron chi connectivity index (χ4n) is 4.50. The molecule has 0 N–H and O–H groups in total. The molecule has 0 amide bonds. The highest BCUT2D eigenvalue weighted by molar-refractivity contribution is 6.47. The summed E-state index contributed by atoms with van der Waals surface area (Å²) in [5.41, 5.74) is -0.939. The molecule has 0 radical (unpaired) electrons. The quantitative estimate of drug-likeness (QED) is 0.0716. The van der Waals surface area contributed by atoms with E-state index in [1.54, 1.807) is 0 Å². The highest BCUT2D eigenvalue weighted by Crippen LogP contribution is 2.42. The van der Waals surface area contributed by atoms with Gasteiger partial charge < -0.3 is 18.9 Å². The van der Waals surface area contributed by atoms with Crippen LogP contribution in [0.4, 0.5) is 0 Å². The topological polar surface area (TPSA) is 105 Å². The number of carbonyl (C=O) groups is 4. The van der Waals surface area contributed by atoms with E-state index >= 15 is 0 Å². The van der Waals surface area contributed by atoms with Crippen LogP contribution in [0.1, 0.15) is 101 Å². The van der Waals surface area contributed by atoms with Gasteiger partial charge in [-0.25, -0.2) is 19.2 Å². The zero-order valence-corrected chi connectivity index (χ0v) is 32.2. The number of rotatable bonds is 16. The van der Waals surface area contributed by atoms with Crippen molar-refractivity contribution in [3.05, 3.63) is 53.4 Å². The molecule has 2 aromatic rings. The minimum Gasteiger partial charge on any atom is -0.462 e. The lowest BCUT2D eigenvalue weighted by Gasteiger charge is -2.20. The van der Waals surface area contributed by atoms with E-state index in [4.69, 9.17) is 88.6 Å². The summed E-state index contributed by atoms with van der Waals surface area (Å²) in [6, 6.07) is 2.25. The number of unbranched alkanes of at least 4 members (excludes halogenated alkanes) is 2. The van der Waals surface area contributed by atoms with Crippen molar-refractivity contribution < 1.29 is 38.1 Å². The Bertz CT molecular complexity index is 1370. The first-order valence-electron chi connectivity index (χ1n) is 15.7. The van der Waals surface area contributed by atoms with Gasteiger partial charge in [0.05, 0.1) is 43.3 Å². The number of carbonyl (C=O) groups excluding carboxylic acids is 4. The van der Waals surface area contributed by atoms with Crippen LogP contribution < -0.4 is 9.47 Å². The first kappa shape index (κ1) is 42.2. The van der Waals surface area contributed by atoms with Crippen LogP contribution in [0.3, 0.4) is 0 Å². The first-order valence-corrected chi connectivity index (χ1v) is 17.9. The van der Waals surface area contributed by atoms with Crippen molar-refractivity contribution >= 4 is 93.5 Å². The van der Waals surface area contributed by atoms with E-state index in [-0.39, 0.29) is 67.0 Å². The summed E-state index contributed by atoms with van der Waals surface area (Å²) in [4.78, 5) is 52.4. The van der Waals surface area contributed by atoms with E-state index < -0.39 is 46.5 Å². The number of hydrogen-bond acceptors (Lipinski definition) is 8. The molecule has 0 aromatic heterocycles. The minimum absolute atomic E-state index is 0.000542. The second-order valence-electron chi connectivity index (χ2n) is 11.9. The molecule has 2 aromatic carbocycles. The van der Waals surface area contributed by atoms with Gasteiger partial charge in [-0.1, -0.05) is 150 Å². The number of ether oxygens (including phenoxy) is 4. The standard InChI is InChI=1S/C34H40Cl6O8/c1-7-9-11-17(3)19(5)15-45-31(41)25-27(39)21(35)13-23(37)29(25)47-33(43)34(44)48-30-24(38)14-22(36)28(40)26(30)32(42)46-16-20(6)18(4)12-10-8-2/h13-14,17-20H,7-12,15-16H2,1-6H3. The van der Waals surface area contributed by atoms with Crippen molar-refractivity contribution in [1.29, 1.82) is 0 Å². The smallest absolute Gasteiger partial charge is 0.423 e. The SMILES string of the molecule is CCCCC(C)C(C)COC(=O)c1c(Cl)c(Cl)cc(Cl)c1OC(=O)C(=O)Oc1c(Cl)cc(Cl)c(Cl)c1C(=O)OCC(C)C(C)CCCC. The van der Waals surface area contributed by atoms with Gasteiger partial charge in [-0.05, 0) is 35.8 Å². The third-order valence-electron chi connectivity index (χ3n) is 8.14. The van der Waals surface area contributed by atoms with Crippen LogP contribution >= 0.6 is 69.6 Å². The number of benzene rings is 2. The molecule has 0 aliphatic carbocycles. The summed E-state index contributed by atoms with van der Waals surface area (Å²) >= 11 is 37.5. The van der Waals surface area contributed by atoms with Crippen LogP contribution in [0.15, 0.2) is 12.1 Å². The summed E-state index contributed by atoms with van der Waals surface area (Å²) in [6.07, 6.45) is 6.02. The predicted octanol–water partition coefficient (Wildman–Crippen LogP) is 11.4. The Balaban J connectivity index is 2.31. The molecule has 0 aliphatic rings. The number of halogens is 6. The first-order chi connectivity index (χ1) is 22.5. The highest BCUT2D eigenvalue weighted by atomic mass is 35.5. The maximum absolute atomic E-state index is 13.2. The summed E-state index contributed by atoms with van der Waals surface area (Å²) in [5, 5.41) is -1.52. The summed E-state index contributed by atoms with van der Waals surface area (Å²) in [7, 11) is 0. The van der Waals surface area contributed by atoms with Crippen LogP contribution in [0.25, 0.3) is 0 Å². The van der Waals surface area contributed by atoms with Crippen LogP contribution in [0, 0.1) is 23.7 Å². The van der Waals surface area contributed by atoms with E-state index in [0.717, 1.165) is 50.7 Å². The summed E-state index contributed by atoms with van der Waals surface area (Å²) < 4.78 is 21.3. The molecule has 4 atom stereocenters. The molecule has 2 rings (SSSR count). The molecule has 266 valence electrons. The monoisotopic (exact) mass is 786 g/mol. The van der Waals surface area contributed by atoms with Gasteiger partial charge >= 0.3 is 23.9 Å². The fourth-order valence-corrected chi connectivity index (χ4v) is 5.94. The van der Waals surface area contributed by atoms with Gasteiger partial charge in [0.2, 0.25) is 0 Å². The molecular weight excluding hydrogens is 749 g/mol. The third-order valence-corrected chi connectivity index (χ3v) is 10.3. The zero-order valence-electron chi connectivity index (χ0n) is 27.7. The highest BCUT2D eigenvalue weighted by Gasteiger charge is 2.32. The van der Waals surface area contributed by atoms with Crippen LogP contribution in [0.2, 0.25) is 30.1 Å². The van der Waals surface area contributed by atoms with Crippen molar-refractivity contribution in [3.8, 4) is 11.5 Å². The van der Waals surface area contributed by atoms with Gasteiger partial charge in [0.15, 0.2) is 11.5 Å². The molecule has 0 saturated carbocycles. The predicted molar refractivity (Wildman–Crippen MR) is 190 cm³/mol. The zero-order chi connectivity index (χ0) is 36.3. The van der Waals surface area contributed by atoms with Gasteiger partial charge in [-0.2, -0.15) is 0 Å². The Hall–Kier alpha value is -1.94. The van der Waals surface area contributed by atoms with E-state index in [1.807, 2.05) is 13.8 Å². The molecule has 8 nitrogen and oxygen atoms in total. The van der Waals surface area contributed by atoms with E-state index in [9.17, 15) is 19.2 Å². The maximum Gasteiger partial charge on any atom is 0.423 e. The maximum atomic E-state index is 13.2. The summed E-state index contributed by atoms with van der Waals surface area (Å²) in [5.74, 6) is -5.91. The average molecular weight is 789 g/mol. The Morgan fingerprint density at radius 2 is 0.896 bits per heavy atom. The lowest BCUT2D eigenvalue weighted by Crippen LogP contribution is -2.28. The normalized spacial score (nSPS) is 13.7. The lowest BCUT2D eigenvalue weighted by molar-refractivity contribution is -0.156. The second kappa shape index (κ2) is 20.0. The van der Waals surface area contributed by atoms with Crippen LogP contribution in [-0.2, 0) is 19.1 Å². The van der Waals surface area contributed by atoms with E-state index in [1.165, 1.54) is 0 Å². The van der Waals surface area contributed by atoms with Gasteiger partial charge in [-0.15, -0.1) is 0 Å². The molecular formula is C34H40Cl6O8.